The third kappa shape index (κ3) is 1.88. The minimum absolute atomic E-state index is 0.117. The van der Waals surface area contributed by atoms with Crippen LogP contribution in [0.1, 0.15) is 0 Å². The van der Waals surface area contributed by atoms with Gasteiger partial charge in [-0.1, -0.05) is 42.5 Å². The maximum Gasteiger partial charge on any atom is 0.240 e. The van der Waals surface area contributed by atoms with Gasteiger partial charge >= 0.3 is 0 Å². The van der Waals surface area contributed by atoms with E-state index in [0.717, 1.165) is 5.69 Å². The molecule has 5 rings (SSSR count). The predicted octanol–water partition coefficient (Wildman–Crippen LogP) is 2.19. The van der Waals surface area contributed by atoms with Crippen molar-refractivity contribution in [3.05, 3.63) is 72.8 Å². The zero-order valence-corrected chi connectivity index (χ0v) is 13.9. The summed E-state index contributed by atoms with van der Waals surface area (Å²) >= 11 is 0. The summed E-state index contributed by atoms with van der Waals surface area (Å²) in [6.45, 7) is 0. The van der Waals surface area contributed by atoms with Crippen LogP contribution in [0.25, 0.3) is 0 Å². The van der Waals surface area contributed by atoms with Crippen molar-refractivity contribution in [3.63, 3.8) is 0 Å². The van der Waals surface area contributed by atoms with Gasteiger partial charge in [-0.15, -0.1) is 0 Å². The van der Waals surface area contributed by atoms with Crippen molar-refractivity contribution in [3.8, 4) is 0 Å². The Hall–Kier alpha value is -3.21. The van der Waals surface area contributed by atoms with Gasteiger partial charge in [0.2, 0.25) is 11.8 Å². The zero-order valence-electron chi connectivity index (χ0n) is 13.9. The maximum atomic E-state index is 13.2. The number of amides is 2. The largest absolute Gasteiger partial charge is 0.353 e. The smallest absolute Gasteiger partial charge is 0.240 e. The molecular weight excluding hydrogens is 328 g/mol. The van der Waals surface area contributed by atoms with E-state index >= 15 is 0 Å². The van der Waals surface area contributed by atoms with Crippen LogP contribution in [-0.2, 0) is 14.4 Å². The normalized spacial score (nSPS) is 29.5. The predicted molar refractivity (Wildman–Crippen MR) is 96.6 cm³/mol. The van der Waals surface area contributed by atoms with Gasteiger partial charge in [-0.3, -0.25) is 14.4 Å². The number of fused-ring (bicyclic) bond motifs is 5. The second-order valence-electron chi connectivity index (χ2n) is 6.84. The molecule has 0 aliphatic carbocycles. The second-order valence-corrected chi connectivity index (χ2v) is 6.84. The molecule has 4 atom stereocenters. The van der Waals surface area contributed by atoms with Crippen molar-refractivity contribution in [1.82, 2.24) is 0 Å². The minimum Gasteiger partial charge on any atom is -0.353 e. The molecule has 0 saturated carbocycles. The number of rotatable bonds is 2. The Morgan fingerprint density at radius 3 is 1.92 bits per heavy atom. The molecule has 3 aliphatic rings. The Morgan fingerprint density at radius 2 is 1.27 bits per heavy atom. The first-order valence-corrected chi connectivity index (χ1v) is 8.67. The first kappa shape index (κ1) is 15.1. The topological polar surface area (TPSA) is 57.7 Å². The first-order valence-electron chi connectivity index (χ1n) is 8.67. The van der Waals surface area contributed by atoms with Crippen LogP contribution in [-0.4, -0.2) is 29.7 Å². The summed E-state index contributed by atoms with van der Waals surface area (Å²) in [7, 11) is 0. The van der Waals surface area contributed by atoms with Crippen molar-refractivity contribution >= 4 is 29.0 Å². The molecule has 26 heavy (non-hydrogen) atoms. The van der Waals surface area contributed by atoms with Gasteiger partial charge in [0.25, 0.3) is 0 Å². The summed E-state index contributed by atoms with van der Waals surface area (Å²) in [5.74, 6) is -1.80. The highest BCUT2D eigenvalue weighted by Gasteiger charge is 2.64. The van der Waals surface area contributed by atoms with Crippen molar-refractivity contribution in [2.24, 2.45) is 11.8 Å². The van der Waals surface area contributed by atoms with E-state index in [9.17, 15) is 14.4 Å². The fourth-order valence-electron chi connectivity index (χ4n) is 4.52. The zero-order chi connectivity index (χ0) is 17.8. The molecule has 4 unspecified atom stereocenters. The van der Waals surface area contributed by atoms with E-state index in [-0.39, 0.29) is 23.6 Å². The minimum atomic E-state index is -0.643. The number of carbonyl (C=O) groups is 3. The Bertz CT molecular complexity index is 938. The van der Waals surface area contributed by atoms with Crippen LogP contribution in [0.3, 0.4) is 0 Å². The van der Waals surface area contributed by atoms with E-state index in [2.05, 4.69) is 0 Å². The number of carbonyl (C=O) groups excluding carboxylic acids is 3. The highest BCUT2D eigenvalue weighted by Crippen LogP contribution is 2.48. The summed E-state index contributed by atoms with van der Waals surface area (Å²) in [5.41, 5.74) is 1.43. The number of hydrogen-bond donors (Lipinski definition) is 0. The summed E-state index contributed by atoms with van der Waals surface area (Å²) < 4.78 is 0. The van der Waals surface area contributed by atoms with Crippen LogP contribution in [0.5, 0.6) is 0 Å². The van der Waals surface area contributed by atoms with Crippen LogP contribution in [0, 0.1) is 11.8 Å². The van der Waals surface area contributed by atoms with Crippen LogP contribution < -0.4 is 9.80 Å². The molecular formula is C21H16N2O3. The van der Waals surface area contributed by atoms with Crippen molar-refractivity contribution in [2.75, 3.05) is 9.80 Å². The first-order chi connectivity index (χ1) is 12.7. The number of hydrogen-bond acceptors (Lipinski definition) is 4. The summed E-state index contributed by atoms with van der Waals surface area (Å²) in [6.07, 6.45) is 3.30. The Labute approximate surface area is 150 Å². The van der Waals surface area contributed by atoms with E-state index in [0.29, 0.717) is 5.69 Å². The number of anilines is 2. The van der Waals surface area contributed by atoms with E-state index in [1.807, 2.05) is 41.3 Å². The number of para-hydroxylation sites is 2. The Kier molecular flexibility index (Phi) is 3.13. The average molecular weight is 344 g/mol. The van der Waals surface area contributed by atoms with Crippen LogP contribution in [0.15, 0.2) is 72.8 Å². The van der Waals surface area contributed by atoms with E-state index in [1.165, 1.54) is 11.0 Å². The molecule has 2 aromatic rings. The van der Waals surface area contributed by atoms with Gasteiger partial charge in [-0.2, -0.15) is 0 Å². The van der Waals surface area contributed by atoms with Crippen LogP contribution in [0.2, 0.25) is 0 Å². The Balaban J connectivity index is 1.61. The highest BCUT2D eigenvalue weighted by atomic mass is 16.2. The van der Waals surface area contributed by atoms with Gasteiger partial charge in [0, 0.05) is 5.69 Å². The molecule has 0 spiro atoms. The SMILES string of the molecule is O=C1C=CC2C3C(=O)N(c4ccccc4)C(=O)C3C1N2c1ccccc1. The third-order valence-electron chi connectivity index (χ3n) is 5.54. The quantitative estimate of drug-likeness (QED) is 0.784. The van der Waals surface area contributed by atoms with Crippen molar-refractivity contribution in [1.29, 1.82) is 0 Å². The molecule has 5 nitrogen and oxygen atoms in total. The number of nitrogens with zero attached hydrogens (tertiary/aromatic N) is 2. The lowest BCUT2D eigenvalue weighted by atomic mass is 9.90. The second kappa shape index (κ2) is 5.39. The summed E-state index contributed by atoms with van der Waals surface area (Å²) in [5, 5.41) is 0. The van der Waals surface area contributed by atoms with E-state index in [4.69, 9.17) is 0 Å². The van der Waals surface area contributed by atoms with Gasteiger partial charge in [-0.05, 0) is 30.3 Å². The molecule has 2 amide bonds. The summed E-state index contributed by atoms with van der Waals surface area (Å²) in [4.78, 5) is 42.2. The lowest BCUT2D eigenvalue weighted by Gasteiger charge is -2.35. The number of benzene rings is 2. The van der Waals surface area contributed by atoms with E-state index in [1.54, 1.807) is 30.3 Å². The lowest BCUT2D eigenvalue weighted by molar-refractivity contribution is -0.125. The average Bonchev–Trinajstić information content (AvgIpc) is 3.09. The summed E-state index contributed by atoms with van der Waals surface area (Å²) in [6, 6.07) is 17.6. The van der Waals surface area contributed by atoms with Gasteiger partial charge < -0.3 is 4.90 Å². The molecule has 0 N–H and O–H groups in total. The van der Waals surface area contributed by atoms with Gasteiger partial charge in [-0.25, -0.2) is 4.90 Å². The standard InChI is InChI=1S/C21H16N2O3/c24-16-12-11-15-17-18(19(16)22(15)13-7-3-1-4-8-13)21(26)23(20(17)25)14-9-5-2-6-10-14/h1-12,15,17-19H. The fourth-order valence-corrected chi connectivity index (χ4v) is 4.52. The number of ketones is 1. The Morgan fingerprint density at radius 1 is 0.692 bits per heavy atom. The molecule has 2 fully saturated rings. The maximum absolute atomic E-state index is 13.2. The fraction of sp³-hybridized carbons (Fsp3) is 0.190. The molecule has 5 heteroatoms. The molecule has 2 saturated heterocycles. The van der Waals surface area contributed by atoms with Gasteiger partial charge in [0.1, 0.15) is 6.04 Å². The monoisotopic (exact) mass is 344 g/mol. The molecule has 2 aromatic carbocycles. The third-order valence-corrected chi connectivity index (χ3v) is 5.54. The molecule has 0 radical (unpaired) electrons. The molecule has 2 bridgehead atoms. The molecule has 0 aromatic heterocycles. The van der Waals surface area contributed by atoms with Crippen molar-refractivity contribution < 1.29 is 14.4 Å². The van der Waals surface area contributed by atoms with Crippen LogP contribution >= 0.6 is 0 Å². The van der Waals surface area contributed by atoms with Gasteiger partial charge in [0.15, 0.2) is 5.78 Å². The molecule has 128 valence electrons. The lowest BCUT2D eigenvalue weighted by Crippen LogP contribution is -2.49. The number of imide groups is 1. The van der Waals surface area contributed by atoms with Crippen molar-refractivity contribution in [2.45, 2.75) is 12.1 Å². The molecule has 3 aliphatic heterocycles. The molecule has 3 heterocycles. The highest BCUT2D eigenvalue weighted by molar-refractivity contribution is 6.25. The van der Waals surface area contributed by atoms with E-state index < -0.39 is 17.9 Å². The van der Waals surface area contributed by atoms with Crippen LogP contribution in [0.4, 0.5) is 11.4 Å². The van der Waals surface area contributed by atoms with Gasteiger partial charge in [0.05, 0.1) is 23.6 Å².